The molecule has 0 spiro atoms. The number of phenolic OH excluding ortho intramolecular Hbond substituents is 2. The molecule has 1 aliphatic rings. The Morgan fingerprint density at radius 2 is 0.878 bits per heavy atom. The monoisotopic (exact) mass is 582 g/mol. The summed E-state index contributed by atoms with van der Waals surface area (Å²) in [5.41, 5.74) is 2.49. The van der Waals surface area contributed by atoms with Crippen LogP contribution in [0, 0.1) is 0 Å². The Bertz CT molecular complexity index is 1360. The molecule has 1 saturated carbocycles. The molecular weight excluding hydrogens is 538 g/mol. The normalized spacial score (nSPS) is 19.2. The molecule has 5 rings (SSSR count). The molecule has 214 valence electrons. The molecular formula is C37H44O2P2. The zero-order valence-corrected chi connectivity index (χ0v) is 27.1. The fourth-order valence-electron chi connectivity index (χ4n) is 6.38. The Labute approximate surface area is 249 Å². The minimum absolute atomic E-state index is 0.150. The highest BCUT2D eigenvalue weighted by atomic mass is 31.1. The van der Waals surface area contributed by atoms with E-state index in [1.807, 2.05) is 0 Å². The largest absolute Gasteiger partial charge is 0.507 e. The van der Waals surface area contributed by atoms with Gasteiger partial charge in [-0.3, -0.25) is 0 Å². The van der Waals surface area contributed by atoms with Crippen molar-refractivity contribution in [3.63, 3.8) is 0 Å². The van der Waals surface area contributed by atoms with E-state index in [2.05, 4.69) is 139 Å². The Morgan fingerprint density at radius 1 is 0.512 bits per heavy atom. The van der Waals surface area contributed by atoms with Crippen molar-refractivity contribution in [2.75, 3.05) is 0 Å². The fourth-order valence-corrected chi connectivity index (χ4v) is 13.3. The summed E-state index contributed by atoms with van der Waals surface area (Å²) in [6, 6.07) is 34.5. The van der Waals surface area contributed by atoms with Gasteiger partial charge in [-0.25, -0.2) is 0 Å². The molecule has 41 heavy (non-hydrogen) atoms. The lowest BCUT2D eigenvalue weighted by molar-refractivity contribution is 0.450. The van der Waals surface area contributed by atoms with Gasteiger partial charge < -0.3 is 10.2 Å². The summed E-state index contributed by atoms with van der Waals surface area (Å²) in [7, 11) is -1.69. The predicted octanol–water partition coefficient (Wildman–Crippen LogP) is 8.18. The highest BCUT2D eigenvalue weighted by molar-refractivity contribution is 7.77. The lowest BCUT2D eigenvalue weighted by Crippen LogP contribution is -2.32. The maximum Gasteiger partial charge on any atom is 0.127 e. The molecule has 0 radical (unpaired) electrons. The third kappa shape index (κ3) is 6.11. The molecule has 4 heteroatoms. The van der Waals surface area contributed by atoms with Crippen molar-refractivity contribution in [2.24, 2.45) is 0 Å². The molecule has 0 amide bonds. The summed E-state index contributed by atoms with van der Waals surface area (Å²) >= 11 is 0. The molecule has 4 aromatic carbocycles. The van der Waals surface area contributed by atoms with Crippen molar-refractivity contribution in [2.45, 2.75) is 83.0 Å². The minimum atomic E-state index is -0.844. The van der Waals surface area contributed by atoms with Gasteiger partial charge in [-0.2, -0.15) is 0 Å². The van der Waals surface area contributed by atoms with E-state index in [1.165, 1.54) is 10.6 Å². The van der Waals surface area contributed by atoms with E-state index in [-0.39, 0.29) is 10.8 Å². The number of hydrogen-bond donors (Lipinski definition) is 2. The van der Waals surface area contributed by atoms with Crippen LogP contribution in [0.25, 0.3) is 0 Å². The van der Waals surface area contributed by atoms with Crippen molar-refractivity contribution < 1.29 is 10.2 Å². The Morgan fingerprint density at radius 3 is 1.22 bits per heavy atom. The van der Waals surface area contributed by atoms with Crippen LogP contribution in [-0.2, 0) is 10.8 Å². The number of rotatable bonds is 6. The van der Waals surface area contributed by atoms with Crippen molar-refractivity contribution in [1.82, 2.24) is 0 Å². The van der Waals surface area contributed by atoms with Crippen LogP contribution < -0.4 is 21.2 Å². The fraction of sp³-hybridized carbons (Fsp3) is 0.351. The number of hydrogen-bond acceptors (Lipinski definition) is 2. The number of phenols is 2. The molecule has 4 atom stereocenters. The first kappa shape index (κ1) is 29.8. The molecule has 4 aromatic rings. The molecule has 0 heterocycles. The maximum absolute atomic E-state index is 11.8. The van der Waals surface area contributed by atoms with E-state index in [1.54, 1.807) is 0 Å². The first-order valence-corrected chi connectivity index (χ1v) is 17.6. The average molecular weight is 583 g/mol. The van der Waals surface area contributed by atoms with E-state index in [0.717, 1.165) is 41.0 Å². The van der Waals surface area contributed by atoms with Gasteiger partial charge in [0.05, 0.1) is 0 Å². The van der Waals surface area contributed by atoms with Gasteiger partial charge in [0.1, 0.15) is 11.5 Å². The quantitative estimate of drug-likeness (QED) is 0.225. The first-order valence-electron chi connectivity index (χ1n) is 14.8. The highest BCUT2D eigenvalue weighted by Crippen LogP contribution is 2.59. The van der Waals surface area contributed by atoms with Gasteiger partial charge in [0, 0.05) is 10.6 Å². The molecule has 1 aliphatic carbocycles. The van der Waals surface area contributed by atoms with Crippen LogP contribution in [-0.4, -0.2) is 21.5 Å². The molecule has 2 N–H and O–H groups in total. The second-order valence-electron chi connectivity index (χ2n) is 13.3. The van der Waals surface area contributed by atoms with Crippen molar-refractivity contribution in [3.8, 4) is 11.5 Å². The summed E-state index contributed by atoms with van der Waals surface area (Å²) in [5.74, 6) is 0.921. The average Bonchev–Trinajstić information content (AvgIpc) is 3.39. The molecule has 0 bridgehead atoms. The van der Waals surface area contributed by atoms with Crippen LogP contribution in [0.15, 0.2) is 97.1 Å². The molecule has 2 nitrogen and oxygen atoms in total. The van der Waals surface area contributed by atoms with Gasteiger partial charge in [0.15, 0.2) is 0 Å². The molecule has 1 fully saturated rings. The zero-order valence-electron chi connectivity index (χ0n) is 25.3. The van der Waals surface area contributed by atoms with Gasteiger partial charge >= 0.3 is 0 Å². The molecule has 0 saturated heterocycles. The summed E-state index contributed by atoms with van der Waals surface area (Å²) in [5, 5.41) is 28.5. The zero-order chi connectivity index (χ0) is 29.4. The summed E-state index contributed by atoms with van der Waals surface area (Å²) in [4.78, 5) is 0. The van der Waals surface area contributed by atoms with Crippen LogP contribution in [0.5, 0.6) is 11.5 Å². The highest BCUT2D eigenvalue weighted by Gasteiger charge is 2.42. The lowest BCUT2D eigenvalue weighted by atomic mass is 9.86. The Kier molecular flexibility index (Phi) is 8.66. The lowest BCUT2D eigenvalue weighted by Gasteiger charge is -2.37. The van der Waals surface area contributed by atoms with E-state index in [0.29, 0.717) is 22.8 Å². The minimum Gasteiger partial charge on any atom is -0.507 e. The van der Waals surface area contributed by atoms with Crippen LogP contribution in [0.1, 0.15) is 71.9 Å². The number of para-hydroxylation sites is 2. The van der Waals surface area contributed by atoms with Crippen LogP contribution in [0.4, 0.5) is 0 Å². The smallest absolute Gasteiger partial charge is 0.127 e. The first-order chi connectivity index (χ1) is 19.5. The van der Waals surface area contributed by atoms with Gasteiger partial charge in [-0.1, -0.05) is 145 Å². The summed E-state index contributed by atoms with van der Waals surface area (Å²) in [6.45, 7) is 13.1. The predicted molar refractivity (Wildman–Crippen MR) is 180 cm³/mol. The number of aromatic hydroxyl groups is 2. The summed E-state index contributed by atoms with van der Waals surface area (Å²) in [6.07, 6.45) is 3.40. The van der Waals surface area contributed by atoms with Crippen molar-refractivity contribution in [3.05, 3.63) is 108 Å². The van der Waals surface area contributed by atoms with Crippen LogP contribution in [0.2, 0.25) is 0 Å². The van der Waals surface area contributed by atoms with Crippen molar-refractivity contribution >= 4 is 37.1 Å². The van der Waals surface area contributed by atoms with Gasteiger partial charge in [0.2, 0.25) is 0 Å². The van der Waals surface area contributed by atoms with Crippen LogP contribution in [0.3, 0.4) is 0 Å². The topological polar surface area (TPSA) is 40.5 Å². The van der Waals surface area contributed by atoms with Crippen molar-refractivity contribution in [1.29, 1.82) is 0 Å². The molecule has 4 unspecified atom stereocenters. The Balaban J connectivity index is 1.70. The van der Waals surface area contributed by atoms with E-state index < -0.39 is 15.8 Å². The second-order valence-corrected chi connectivity index (χ2v) is 18.1. The Hall–Kier alpha value is -2.66. The molecule has 0 aliphatic heterocycles. The van der Waals surface area contributed by atoms with E-state index in [9.17, 15) is 10.2 Å². The van der Waals surface area contributed by atoms with Gasteiger partial charge in [-0.15, -0.1) is 0 Å². The van der Waals surface area contributed by atoms with E-state index in [4.69, 9.17) is 0 Å². The SMILES string of the molecule is CC(C)(C)c1cccc(P(c2ccccc2)C2CCCC2P(c2ccccc2)c2cccc(C(C)(C)C)c2O)c1O. The molecule has 0 aromatic heterocycles. The third-order valence-corrected chi connectivity index (χ3v) is 14.6. The maximum atomic E-state index is 11.8. The van der Waals surface area contributed by atoms with Gasteiger partial charge in [-0.05, 0) is 72.6 Å². The summed E-state index contributed by atoms with van der Waals surface area (Å²) < 4.78 is 0. The number of benzene rings is 4. The van der Waals surface area contributed by atoms with Gasteiger partial charge in [0.25, 0.3) is 0 Å². The second kappa shape index (κ2) is 11.9. The standard InChI is InChI=1S/C37H44O2P2/c1-36(2,3)28-20-13-24-32(34(28)38)40(26-16-9-7-10-17-26)30-22-15-23-31(30)41(27-18-11-8-12-19-27)33-25-14-21-29(35(33)39)37(4,5)6/h7-14,16-21,24-25,30-31,38-39H,15,22-23H2,1-6H3. The van der Waals surface area contributed by atoms with Crippen LogP contribution >= 0.6 is 15.8 Å². The van der Waals surface area contributed by atoms with E-state index >= 15 is 0 Å². The third-order valence-electron chi connectivity index (χ3n) is 8.34.